The van der Waals surface area contributed by atoms with E-state index in [0.717, 1.165) is 12.8 Å². The van der Waals surface area contributed by atoms with E-state index >= 15 is 0 Å². The first-order valence-corrected chi connectivity index (χ1v) is 8.94. The summed E-state index contributed by atoms with van der Waals surface area (Å²) in [6.07, 6.45) is 4.70. The van der Waals surface area contributed by atoms with Crippen molar-refractivity contribution in [3.63, 3.8) is 0 Å². The van der Waals surface area contributed by atoms with Gasteiger partial charge in [-0.2, -0.15) is 0 Å². The summed E-state index contributed by atoms with van der Waals surface area (Å²) in [6, 6.07) is 3.24. The predicted molar refractivity (Wildman–Crippen MR) is 103 cm³/mol. The van der Waals surface area contributed by atoms with Crippen LogP contribution >= 0.6 is 46.4 Å². The summed E-state index contributed by atoms with van der Waals surface area (Å²) in [6.45, 7) is 1.70. The average Bonchev–Trinajstić information content (AvgIpc) is 2.55. The molecule has 1 aromatic rings. The topological polar surface area (TPSA) is 49.3 Å². The molecule has 0 saturated heterocycles. The highest BCUT2D eigenvalue weighted by molar-refractivity contribution is 6.55. The molecule has 140 valence electrons. The minimum atomic E-state index is 0.132. The maximum absolute atomic E-state index is 6.18. The van der Waals surface area contributed by atoms with Gasteiger partial charge < -0.3 is 19.0 Å². The molecular weight excluding hydrogens is 412 g/mol. The minimum Gasteiger partial charge on any atom is -0.490 e. The molecule has 0 aliphatic rings. The normalized spacial score (nSPS) is 10.8. The number of hydrogen-bond acceptors (Lipinski definition) is 5. The summed E-state index contributed by atoms with van der Waals surface area (Å²) in [7, 11) is 1.48. The van der Waals surface area contributed by atoms with Crippen molar-refractivity contribution in [3.05, 3.63) is 32.7 Å². The number of benzene rings is 1. The van der Waals surface area contributed by atoms with Gasteiger partial charge in [-0.15, -0.1) is 0 Å². The molecular formula is C16H19Cl4NO4. The number of ether oxygens (including phenoxy) is 3. The standard InChI is InChI=1S/C16H19Cl4NO4/c1-22-21-5-9-23-6-2-3-7-25-16-13(17)10-12(11-14(16)18)24-8-4-15(19)20/h4-5,10-11H,2-3,6-9H2,1H3. The molecule has 0 spiro atoms. The van der Waals surface area contributed by atoms with E-state index < -0.39 is 0 Å². The Kier molecular flexibility index (Phi) is 11.9. The van der Waals surface area contributed by atoms with Crippen molar-refractivity contribution in [3.8, 4) is 11.5 Å². The van der Waals surface area contributed by atoms with Crippen molar-refractivity contribution < 1.29 is 19.0 Å². The molecule has 0 fully saturated rings. The van der Waals surface area contributed by atoms with Crippen molar-refractivity contribution in [2.75, 3.05) is 33.5 Å². The van der Waals surface area contributed by atoms with E-state index in [1.807, 2.05) is 0 Å². The first-order chi connectivity index (χ1) is 12.0. The Morgan fingerprint density at radius 2 is 1.72 bits per heavy atom. The summed E-state index contributed by atoms with van der Waals surface area (Å²) in [5.74, 6) is 0.925. The maximum atomic E-state index is 6.18. The molecule has 0 saturated carbocycles. The number of nitrogens with zero attached hydrogens (tertiary/aromatic N) is 1. The second-order valence-electron chi connectivity index (χ2n) is 4.62. The third-order valence-electron chi connectivity index (χ3n) is 2.76. The molecule has 9 heteroatoms. The van der Waals surface area contributed by atoms with Gasteiger partial charge in [-0.25, -0.2) is 0 Å². The van der Waals surface area contributed by atoms with Crippen LogP contribution in [0, 0.1) is 0 Å². The van der Waals surface area contributed by atoms with Crippen molar-refractivity contribution in [1.82, 2.24) is 0 Å². The number of hydrogen-bond donors (Lipinski definition) is 0. The molecule has 1 aromatic carbocycles. The van der Waals surface area contributed by atoms with E-state index in [-0.39, 0.29) is 11.1 Å². The number of rotatable bonds is 12. The van der Waals surface area contributed by atoms with Crippen LogP contribution in [0.25, 0.3) is 0 Å². The highest BCUT2D eigenvalue weighted by atomic mass is 35.5. The third-order valence-corrected chi connectivity index (χ3v) is 3.63. The fourth-order valence-electron chi connectivity index (χ4n) is 1.68. The zero-order chi connectivity index (χ0) is 18.5. The van der Waals surface area contributed by atoms with Crippen LogP contribution in [0.1, 0.15) is 12.8 Å². The molecule has 0 heterocycles. The second-order valence-corrected chi connectivity index (χ2v) is 6.44. The molecule has 0 atom stereocenters. The van der Waals surface area contributed by atoms with Gasteiger partial charge in [-0.1, -0.05) is 51.6 Å². The Morgan fingerprint density at radius 3 is 2.36 bits per heavy atom. The third kappa shape index (κ3) is 10.0. The molecule has 0 N–H and O–H groups in total. The van der Waals surface area contributed by atoms with Crippen LogP contribution in [0.5, 0.6) is 11.5 Å². The van der Waals surface area contributed by atoms with E-state index in [9.17, 15) is 0 Å². The summed E-state index contributed by atoms with van der Waals surface area (Å²) in [5.41, 5.74) is 0. The van der Waals surface area contributed by atoms with Gasteiger partial charge in [0.05, 0.1) is 29.5 Å². The van der Waals surface area contributed by atoms with E-state index in [1.54, 1.807) is 18.3 Å². The van der Waals surface area contributed by atoms with Crippen LogP contribution < -0.4 is 9.47 Å². The average molecular weight is 431 g/mol. The fraction of sp³-hybridized carbons (Fsp3) is 0.438. The van der Waals surface area contributed by atoms with Gasteiger partial charge in [-0.3, -0.25) is 0 Å². The first kappa shape index (κ1) is 22.2. The summed E-state index contributed by atoms with van der Waals surface area (Å²) in [5, 5.41) is 4.31. The lowest BCUT2D eigenvalue weighted by Crippen LogP contribution is -2.03. The molecule has 1 rings (SSSR count). The Bertz CT molecular complexity index is 554. The zero-order valence-electron chi connectivity index (χ0n) is 13.6. The maximum Gasteiger partial charge on any atom is 0.156 e. The van der Waals surface area contributed by atoms with E-state index in [2.05, 4.69) is 9.99 Å². The predicted octanol–water partition coefficient (Wildman–Crippen LogP) is 5.50. The zero-order valence-corrected chi connectivity index (χ0v) is 16.7. The molecule has 0 aliphatic heterocycles. The van der Waals surface area contributed by atoms with Crippen LogP contribution in [0.15, 0.2) is 27.9 Å². The monoisotopic (exact) mass is 429 g/mol. The molecule has 0 bridgehead atoms. The lowest BCUT2D eigenvalue weighted by atomic mass is 10.3. The number of oxime groups is 1. The molecule has 25 heavy (non-hydrogen) atoms. The highest BCUT2D eigenvalue weighted by Gasteiger charge is 2.10. The first-order valence-electron chi connectivity index (χ1n) is 7.43. The van der Waals surface area contributed by atoms with Gasteiger partial charge >= 0.3 is 0 Å². The van der Waals surface area contributed by atoms with Gasteiger partial charge in [0.25, 0.3) is 0 Å². The number of halogens is 4. The van der Waals surface area contributed by atoms with Crippen LogP contribution in [-0.2, 0) is 9.57 Å². The van der Waals surface area contributed by atoms with Gasteiger partial charge in [0.15, 0.2) is 5.75 Å². The highest BCUT2D eigenvalue weighted by Crippen LogP contribution is 2.37. The lowest BCUT2D eigenvalue weighted by Gasteiger charge is -2.12. The second kappa shape index (κ2) is 13.4. The van der Waals surface area contributed by atoms with Gasteiger partial charge in [0.1, 0.15) is 24.0 Å². The van der Waals surface area contributed by atoms with Crippen molar-refractivity contribution in [1.29, 1.82) is 0 Å². The largest absolute Gasteiger partial charge is 0.490 e. The van der Waals surface area contributed by atoms with Crippen molar-refractivity contribution in [2.45, 2.75) is 12.8 Å². The fourth-order valence-corrected chi connectivity index (χ4v) is 2.38. The van der Waals surface area contributed by atoms with E-state index in [0.29, 0.717) is 41.4 Å². The molecule has 0 radical (unpaired) electrons. The minimum absolute atomic E-state index is 0.132. The summed E-state index contributed by atoms with van der Waals surface area (Å²) in [4.78, 5) is 4.52. The lowest BCUT2D eigenvalue weighted by molar-refractivity contribution is 0.157. The molecule has 0 unspecified atom stereocenters. The van der Waals surface area contributed by atoms with Crippen LogP contribution in [-0.4, -0.2) is 39.8 Å². The Labute approximate surface area is 167 Å². The van der Waals surface area contributed by atoms with E-state index in [4.69, 9.17) is 60.6 Å². The SMILES string of the molecule is CON=CCOCCCCOc1c(Cl)cc(OCC=C(Cl)Cl)cc1Cl. The molecule has 0 aromatic heterocycles. The summed E-state index contributed by atoms with van der Waals surface area (Å²) >= 11 is 23.4. The summed E-state index contributed by atoms with van der Waals surface area (Å²) < 4.78 is 16.5. The van der Waals surface area contributed by atoms with Crippen molar-refractivity contribution >= 4 is 52.6 Å². The van der Waals surface area contributed by atoms with Crippen LogP contribution in [0.2, 0.25) is 10.0 Å². The quantitative estimate of drug-likeness (QED) is 0.249. The Balaban J connectivity index is 2.34. The van der Waals surface area contributed by atoms with Gasteiger partial charge in [0.2, 0.25) is 0 Å². The van der Waals surface area contributed by atoms with Crippen LogP contribution in [0.3, 0.4) is 0 Å². The molecule has 0 amide bonds. The van der Waals surface area contributed by atoms with E-state index in [1.165, 1.54) is 13.2 Å². The van der Waals surface area contributed by atoms with Crippen molar-refractivity contribution in [2.24, 2.45) is 5.16 Å². The van der Waals surface area contributed by atoms with Gasteiger partial charge in [0, 0.05) is 18.7 Å². The van der Waals surface area contributed by atoms with Crippen LogP contribution in [0.4, 0.5) is 0 Å². The Hall–Kier alpha value is -0.850. The van der Waals surface area contributed by atoms with Gasteiger partial charge in [-0.05, 0) is 18.9 Å². The molecule has 0 aliphatic carbocycles. The number of unbranched alkanes of at least 4 members (excludes halogenated alkanes) is 1. The molecule has 5 nitrogen and oxygen atoms in total. The smallest absolute Gasteiger partial charge is 0.156 e. The Morgan fingerprint density at radius 1 is 1.04 bits per heavy atom.